The third kappa shape index (κ3) is 1.89. The SMILES string of the molecule is COc1cc(CN)cc(F)c1OC. The maximum Gasteiger partial charge on any atom is 0.196 e. The first-order valence-corrected chi connectivity index (χ1v) is 3.83. The minimum absolute atomic E-state index is 0.111. The highest BCUT2D eigenvalue weighted by atomic mass is 19.1. The van der Waals surface area contributed by atoms with E-state index in [1.165, 1.54) is 20.3 Å². The van der Waals surface area contributed by atoms with Crippen LogP contribution in [0, 0.1) is 5.82 Å². The van der Waals surface area contributed by atoms with Crippen LogP contribution in [0.2, 0.25) is 0 Å². The number of ether oxygens (including phenoxy) is 2. The number of benzene rings is 1. The summed E-state index contributed by atoms with van der Waals surface area (Å²) in [4.78, 5) is 0. The standard InChI is InChI=1S/C9H12FNO2/c1-12-8-4-6(5-11)3-7(10)9(8)13-2/h3-4H,5,11H2,1-2H3. The monoisotopic (exact) mass is 185 g/mol. The van der Waals surface area contributed by atoms with E-state index in [4.69, 9.17) is 15.2 Å². The molecule has 1 aromatic carbocycles. The van der Waals surface area contributed by atoms with Gasteiger partial charge in [-0.3, -0.25) is 0 Å². The fourth-order valence-electron chi connectivity index (χ4n) is 1.09. The topological polar surface area (TPSA) is 44.5 Å². The molecule has 0 aliphatic carbocycles. The third-order valence-corrected chi connectivity index (χ3v) is 1.73. The maximum atomic E-state index is 13.2. The highest BCUT2D eigenvalue weighted by molar-refractivity contribution is 5.44. The van der Waals surface area contributed by atoms with Crippen LogP contribution >= 0.6 is 0 Å². The molecule has 0 unspecified atom stereocenters. The van der Waals surface area contributed by atoms with E-state index >= 15 is 0 Å². The molecular formula is C9H12FNO2. The molecule has 4 heteroatoms. The van der Waals surface area contributed by atoms with Crippen LogP contribution in [-0.4, -0.2) is 14.2 Å². The lowest BCUT2D eigenvalue weighted by atomic mass is 10.2. The molecule has 1 rings (SSSR count). The van der Waals surface area contributed by atoms with Gasteiger partial charge in [-0.15, -0.1) is 0 Å². The van der Waals surface area contributed by atoms with Gasteiger partial charge in [0.15, 0.2) is 17.3 Å². The maximum absolute atomic E-state index is 13.2. The van der Waals surface area contributed by atoms with Gasteiger partial charge in [0, 0.05) is 6.54 Å². The Kier molecular flexibility index (Phi) is 3.08. The molecule has 0 fully saturated rings. The van der Waals surface area contributed by atoms with Crippen molar-refractivity contribution in [2.24, 2.45) is 5.73 Å². The fourth-order valence-corrected chi connectivity index (χ4v) is 1.09. The number of nitrogens with two attached hydrogens (primary N) is 1. The van der Waals surface area contributed by atoms with Gasteiger partial charge in [0.05, 0.1) is 14.2 Å². The zero-order chi connectivity index (χ0) is 9.84. The molecule has 0 saturated heterocycles. The van der Waals surface area contributed by atoms with Gasteiger partial charge < -0.3 is 15.2 Å². The first-order chi connectivity index (χ1) is 6.22. The average Bonchev–Trinajstić information content (AvgIpc) is 2.16. The lowest BCUT2D eigenvalue weighted by molar-refractivity contribution is 0.337. The van der Waals surface area contributed by atoms with Gasteiger partial charge >= 0.3 is 0 Å². The second kappa shape index (κ2) is 4.09. The molecule has 0 aliphatic heterocycles. The molecule has 0 bridgehead atoms. The highest BCUT2D eigenvalue weighted by Gasteiger charge is 2.10. The smallest absolute Gasteiger partial charge is 0.196 e. The van der Waals surface area contributed by atoms with E-state index in [1.54, 1.807) is 6.07 Å². The van der Waals surface area contributed by atoms with E-state index in [0.717, 1.165) is 0 Å². The van der Waals surface area contributed by atoms with Gasteiger partial charge in [-0.2, -0.15) is 0 Å². The van der Waals surface area contributed by atoms with Crippen LogP contribution < -0.4 is 15.2 Å². The van der Waals surface area contributed by atoms with Crippen LogP contribution in [0.1, 0.15) is 5.56 Å². The number of halogens is 1. The van der Waals surface area contributed by atoms with Gasteiger partial charge in [0.25, 0.3) is 0 Å². The first kappa shape index (κ1) is 9.80. The molecule has 0 atom stereocenters. The minimum Gasteiger partial charge on any atom is -0.493 e. The van der Waals surface area contributed by atoms with Crippen molar-refractivity contribution in [1.82, 2.24) is 0 Å². The van der Waals surface area contributed by atoms with Gasteiger partial charge in [-0.1, -0.05) is 0 Å². The quantitative estimate of drug-likeness (QED) is 0.772. The lowest BCUT2D eigenvalue weighted by Crippen LogP contribution is -2.00. The molecule has 0 aliphatic rings. The molecule has 3 nitrogen and oxygen atoms in total. The zero-order valence-corrected chi connectivity index (χ0v) is 7.63. The van der Waals surface area contributed by atoms with E-state index in [0.29, 0.717) is 11.3 Å². The lowest BCUT2D eigenvalue weighted by Gasteiger charge is -2.09. The Morgan fingerprint density at radius 2 is 2.00 bits per heavy atom. The van der Waals surface area contributed by atoms with E-state index in [1.807, 2.05) is 0 Å². The molecule has 1 aromatic rings. The number of hydrogen-bond donors (Lipinski definition) is 1. The van der Waals surface area contributed by atoms with Gasteiger partial charge in [0.1, 0.15) is 0 Å². The molecule has 0 spiro atoms. The summed E-state index contributed by atoms with van der Waals surface area (Å²) in [6, 6.07) is 2.99. The normalized spacial score (nSPS) is 9.85. The molecule has 2 N–H and O–H groups in total. The van der Waals surface area contributed by atoms with Crippen LogP contribution in [0.5, 0.6) is 11.5 Å². The summed E-state index contributed by atoms with van der Waals surface area (Å²) in [5.41, 5.74) is 6.05. The van der Waals surface area contributed by atoms with Gasteiger partial charge in [-0.25, -0.2) is 4.39 Å². The Labute approximate surface area is 76.3 Å². The van der Waals surface area contributed by atoms with E-state index < -0.39 is 5.82 Å². The van der Waals surface area contributed by atoms with E-state index in [9.17, 15) is 4.39 Å². The summed E-state index contributed by atoms with van der Waals surface area (Å²) < 4.78 is 23.0. The molecule has 0 aromatic heterocycles. The number of rotatable bonds is 3. The predicted molar refractivity (Wildman–Crippen MR) is 47.4 cm³/mol. The molecule has 0 amide bonds. The van der Waals surface area contributed by atoms with Crippen molar-refractivity contribution in [3.8, 4) is 11.5 Å². The van der Waals surface area contributed by atoms with E-state index in [2.05, 4.69) is 0 Å². The van der Waals surface area contributed by atoms with Crippen molar-refractivity contribution in [2.45, 2.75) is 6.54 Å². The Balaban J connectivity index is 3.20. The van der Waals surface area contributed by atoms with Crippen molar-refractivity contribution in [2.75, 3.05) is 14.2 Å². The van der Waals surface area contributed by atoms with Crippen molar-refractivity contribution < 1.29 is 13.9 Å². The van der Waals surface area contributed by atoms with Crippen molar-refractivity contribution in [3.05, 3.63) is 23.5 Å². The average molecular weight is 185 g/mol. The first-order valence-electron chi connectivity index (χ1n) is 3.83. The van der Waals surface area contributed by atoms with Crippen molar-refractivity contribution >= 4 is 0 Å². The second-order valence-corrected chi connectivity index (χ2v) is 2.52. The van der Waals surface area contributed by atoms with Crippen molar-refractivity contribution in [3.63, 3.8) is 0 Å². The van der Waals surface area contributed by atoms with Crippen LogP contribution in [0.15, 0.2) is 12.1 Å². The Bertz CT molecular complexity index is 302. The largest absolute Gasteiger partial charge is 0.493 e. The number of hydrogen-bond acceptors (Lipinski definition) is 3. The molecular weight excluding hydrogens is 173 g/mol. The molecule has 72 valence electrons. The van der Waals surface area contributed by atoms with Crippen LogP contribution in [0.3, 0.4) is 0 Å². The van der Waals surface area contributed by atoms with E-state index in [-0.39, 0.29) is 12.3 Å². The number of methoxy groups -OCH3 is 2. The Morgan fingerprint density at radius 3 is 2.46 bits per heavy atom. The highest BCUT2D eigenvalue weighted by Crippen LogP contribution is 2.30. The molecule has 0 saturated carbocycles. The van der Waals surface area contributed by atoms with Crippen LogP contribution in [-0.2, 0) is 6.54 Å². The predicted octanol–water partition coefficient (Wildman–Crippen LogP) is 1.30. The third-order valence-electron chi connectivity index (χ3n) is 1.73. The summed E-state index contributed by atoms with van der Waals surface area (Å²) in [6.45, 7) is 0.275. The summed E-state index contributed by atoms with van der Waals surface area (Å²) in [5.74, 6) is 0.0185. The van der Waals surface area contributed by atoms with Gasteiger partial charge in [0.2, 0.25) is 0 Å². The van der Waals surface area contributed by atoms with Crippen molar-refractivity contribution in [1.29, 1.82) is 0 Å². The fraction of sp³-hybridized carbons (Fsp3) is 0.333. The summed E-state index contributed by atoms with van der Waals surface area (Å²) in [5, 5.41) is 0. The summed E-state index contributed by atoms with van der Waals surface area (Å²) >= 11 is 0. The summed E-state index contributed by atoms with van der Waals surface area (Å²) in [7, 11) is 2.85. The summed E-state index contributed by atoms with van der Waals surface area (Å²) in [6.07, 6.45) is 0. The van der Waals surface area contributed by atoms with Crippen LogP contribution in [0.4, 0.5) is 4.39 Å². The molecule has 13 heavy (non-hydrogen) atoms. The second-order valence-electron chi connectivity index (χ2n) is 2.52. The Hall–Kier alpha value is -1.29. The molecule has 0 radical (unpaired) electrons. The molecule has 0 heterocycles. The van der Waals surface area contributed by atoms with Gasteiger partial charge in [-0.05, 0) is 17.7 Å². The zero-order valence-electron chi connectivity index (χ0n) is 7.63. The Morgan fingerprint density at radius 1 is 1.31 bits per heavy atom. The van der Waals surface area contributed by atoms with Crippen LogP contribution in [0.25, 0.3) is 0 Å². The minimum atomic E-state index is -0.456.